The van der Waals surface area contributed by atoms with E-state index in [0.717, 1.165) is 6.42 Å². The van der Waals surface area contributed by atoms with Crippen LogP contribution in [0.3, 0.4) is 0 Å². The second-order valence-electron chi connectivity index (χ2n) is 2.10. The summed E-state index contributed by atoms with van der Waals surface area (Å²) in [4.78, 5) is 0. The van der Waals surface area contributed by atoms with Gasteiger partial charge in [-0.2, -0.15) is 0 Å². The molecular weight excluding hydrogens is 114 g/mol. The van der Waals surface area contributed by atoms with E-state index in [1.54, 1.807) is 13.1 Å². The number of aliphatic hydroxyl groups excluding tert-OH is 1. The summed E-state index contributed by atoms with van der Waals surface area (Å²) >= 11 is 0. The molecule has 2 heteroatoms. The minimum Gasteiger partial charge on any atom is -0.375 e. The van der Waals surface area contributed by atoms with Crippen molar-refractivity contribution in [2.75, 3.05) is 7.05 Å². The standard InChI is InChI=1S/C7H15NO/c1-4-6(2)5-7(9)8-3/h5,7-9H,4H2,1-3H3/b6-5-. The quantitative estimate of drug-likeness (QED) is 0.438. The number of nitrogens with one attached hydrogen (secondary N) is 1. The largest absolute Gasteiger partial charge is 0.375 e. The molecule has 1 unspecified atom stereocenters. The van der Waals surface area contributed by atoms with E-state index in [1.807, 2.05) is 6.92 Å². The number of hydrogen-bond donors (Lipinski definition) is 2. The van der Waals surface area contributed by atoms with Crippen molar-refractivity contribution in [3.05, 3.63) is 11.6 Å². The molecule has 0 saturated heterocycles. The Bertz CT molecular complexity index is 99.1. The van der Waals surface area contributed by atoms with Crippen molar-refractivity contribution in [1.29, 1.82) is 0 Å². The van der Waals surface area contributed by atoms with Crippen LogP contribution in [0, 0.1) is 0 Å². The molecule has 2 N–H and O–H groups in total. The van der Waals surface area contributed by atoms with Gasteiger partial charge < -0.3 is 5.11 Å². The normalized spacial score (nSPS) is 15.8. The maximum atomic E-state index is 8.97. The van der Waals surface area contributed by atoms with E-state index < -0.39 is 6.23 Å². The molecule has 0 heterocycles. The van der Waals surface area contributed by atoms with E-state index in [9.17, 15) is 0 Å². The molecule has 0 rings (SSSR count). The van der Waals surface area contributed by atoms with E-state index in [1.165, 1.54) is 5.57 Å². The molecule has 0 aromatic heterocycles. The first-order valence-electron chi connectivity index (χ1n) is 3.23. The summed E-state index contributed by atoms with van der Waals surface area (Å²) in [5, 5.41) is 11.7. The van der Waals surface area contributed by atoms with Gasteiger partial charge in [-0.1, -0.05) is 12.5 Å². The van der Waals surface area contributed by atoms with Crippen LogP contribution in [-0.4, -0.2) is 18.4 Å². The molecule has 9 heavy (non-hydrogen) atoms. The highest BCUT2D eigenvalue weighted by molar-refractivity contribution is 4.99. The van der Waals surface area contributed by atoms with Crippen LogP contribution in [0.5, 0.6) is 0 Å². The van der Waals surface area contributed by atoms with Crippen molar-refractivity contribution in [3.63, 3.8) is 0 Å². The maximum Gasteiger partial charge on any atom is 0.124 e. The maximum absolute atomic E-state index is 8.97. The van der Waals surface area contributed by atoms with Crippen LogP contribution in [0.25, 0.3) is 0 Å². The fraction of sp³-hybridized carbons (Fsp3) is 0.714. The number of likely N-dealkylation sites (N-methyl/N-ethyl adjacent to an activating group) is 1. The molecule has 0 aromatic rings. The predicted molar refractivity (Wildman–Crippen MR) is 39.1 cm³/mol. The van der Waals surface area contributed by atoms with Crippen molar-refractivity contribution in [3.8, 4) is 0 Å². The van der Waals surface area contributed by atoms with Gasteiger partial charge in [-0.15, -0.1) is 0 Å². The summed E-state index contributed by atoms with van der Waals surface area (Å²) in [6.07, 6.45) is 2.32. The topological polar surface area (TPSA) is 32.3 Å². The first-order chi connectivity index (χ1) is 4.20. The number of rotatable bonds is 3. The molecule has 0 fully saturated rings. The van der Waals surface area contributed by atoms with Gasteiger partial charge >= 0.3 is 0 Å². The van der Waals surface area contributed by atoms with Crippen LogP contribution in [0.2, 0.25) is 0 Å². The van der Waals surface area contributed by atoms with Crippen molar-refractivity contribution < 1.29 is 5.11 Å². The van der Waals surface area contributed by atoms with Gasteiger partial charge in [-0.05, 0) is 26.5 Å². The monoisotopic (exact) mass is 129 g/mol. The average molecular weight is 129 g/mol. The zero-order chi connectivity index (χ0) is 7.28. The van der Waals surface area contributed by atoms with Crippen LogP contribution in [0.1, 0.15) is 20.3 Å². The minimum absolute atomic E-state index is 0.482. The number of aliphatic hydroxyl groups is 1. The summed E-state index contributed by atoms with van der Waals surface area (Å²) in [7, 11) is 1.73. The third kappa shape index (κ3) is 4.18. The summed E-state index contributed by atoms with van der Waals surface area (Å²) in [6, 6.07) is 0. The Morgan fingerprint density at radius 3 is 2.67 bits per heavy atom. The van der Waals surface area contributed by atoms with Crippen molar-refractivity contribution in [2.45, 2.75) is 26.5 Å². The molecule has 0 bridgehead atoms. The van der Waals surface area contributed by atoms with Gasteiger partial charge in [0.25, 0.3) is 0 Å². The Morgan fingerprint density at radius 1 is 1.78 bits per heavy atom. The SMILES string of the molecule is CC/C(C)=C\C(O)NC. The van der Waals surface area contributed by atoms with Crippen molar-refractivity contribution >= 4 is 0 Å². The van der Waals surface area contributed by atoms with Gasteiger partial charge in [0, 0.05) is 0 Å². The minimum atomic E-state index is -0.482. The Morgan fingerprint density at radius 2 is 2.33 bits per heavy atom. The summed E-state index contributed by atoms with van der Waals surface area (Å²) < 4.78 is 0. The molecule has 54 valence electrons. The molecule has 0 aromatic carbocycles. The average Bonchev–Trinajstić information content (AvgIpc) is 1.87. The first-order valence-corrected chi connectivity index (χ1v) is 3.23. The fourth-order valence-electron chi connectivity index (χ4n) is 0.471. The lowest BCUT2D eigenvalue weighted by molar-refractivity contribution is 0.194. The van der Waals surface area contributed by atoms with Gasteiger partial charge in [-0.3, -0.25) is 5.32 Å². The lowest BCUT2D eigenvalue weighted by Crippen LogP contribution is -2.21. The highest BCUT2D eigenvalue weighted by Crippen LogP contribution is 1.97. The van der Waals surface area contributed by atoms with Gasteiger partial charge in [0.15, 0.2) is 0 Å². The van der Waals surface area contributed by atoms with E-state index in [4.69, 9.17) is 5.11 Å². The predicted octanol–water partition coefficient (Wildman–Crippen LogP) is 0.881. The summed E-state index contributed by atoms with van der Waals surface area (Å²) in [6.45, 7) is 4.06. The molecule has 0 radical (unpaired) electrons. The lowest BCUT2D eigenvalue weighted by atomic mass is 10.2. The van der Waals surface area contributed by atoms with Gasteiger partial charge in [0.2, 0.25) is 0 Å². The Balaban J connectivity index is 3.64. The highest BCUT2D eigenvalue weighted by atomic mass is 16.3. The third-order valence-electron chi connectivity index (χ3n) is 1.30. The zero-order valence-corrected chi connectivity index (χ0v) is 6.31. The van der Waals surface area contributed by atoms with Crippen molar-refractivity contribution in [1.82, 2.24) is 5.32 Å². The summed E-state index contributed by atoms with van der Waals surface area (Å²) in [5.41, 5.74) is 1.21. The van der Waals surface area contributed by atoms with E-state index in [-0.39, 0.29) is 0 Å². The lowest BCUT2D eigenvalue weighted by Gasteiger charge is -2.03. The smallest absolute Gasteiger partial charge is 0.124 e. The summed E-state index contributed by atoms with van der Waals surface area (Å²) in [5.74, 6) is 0. The Kier molecular flexibility index (Phi) is 4.36. The van der Waals surface area contributed by atoms with Crippen LogP contribution in [0.15, 0.2) is 11.6 Å². The van der Waals surface area contributed by atoms with E-state index in [0.29, 0.717) is 0 Å². The van der Waals surface area contributed by atoms with Gasteiger partial charge in [0.1, 0.15) is 6.23 Å². The fourth-order valence-corrected chi connectivity index (χ4v) is 0.471. The Labute approximate surface area is 56.6 Å². The van der Waals surface area contributed by atoms with Crippen LogP contribution in [-0.2, 0) is 0 Å². The van der Waals surface area contributed by atoms with Crippen molar-refractivity contribution in [2.24, 2.45) is 0 Å². The van der Waals surface area contributed by atoms with E-state index in [2.05, 4.69) is 12.2 Å². The molecule has 0 amide bonds. The van der Waals surface area contributed by atoms with Gasteiger partial charge in [-0.25, -0.2) is 0 Å². The molecule has 0 aliphatic heterocycles. The molecule has 0 saturated carbocycles. The molecular formula is C7H15NO. The zero-order valence-electron chi connectivity index (χ0n) is 6.31. The van der Waals surface area contributed by atoms with Crippen LogP contribution >= 0.6 is 0 Å². The number of hydrogen-bond acceptors (Lipinski definition) is 2. The highest BCUT2D eigenvalue weighted by Gasteiger charge is 1.92. The molecule has 0 aliphatic carbocycles. The Hall–Kier alpha value is -0.340. The number of allylic oxidation sites excluding steroid dienone is 1. The second-order valence-corrected chi connectivity index (χ2v) is 2.10. The molecule has 2 nitrogen and oxygen atoms in total. The van der Waals surface area contributed by atoms with Crippen LogP contribution in [0.4, 0.5) is 0 Å². The second kappa shape index (κ2) is 4.53. The third-order valence-corrected chi connectivity index (χ3v) is 1.30. The van der Waals surface area contributed by atoms with E-state index >= 15 is 0 Å². The first kappa shape index (κ1) is 8.66. The molecule has 0 aliphatic rings. The molecule has 1 atom stereocenters. The van der Waals surface area contributed by atoms with Crippen LogP contribution < -0.4 is 5.32 Å². The van der Waals surface area contributed by atoms with Gasteiger partial charge in [0.05, 0.1) is 0 Å². The molecule has 0 spiro atoms.